The summed E-state index contributed by atoms with van der Waals surface area (Å²) in [6.07, 6.45) is -4.41. The Bertz CT molecular complexity index is 818. The van der Waals surface area contributed by atoms with Crippen LogP contribution in [0.2, 0.25) is 0 Å². The third-order valence-corrected chi connectivity index (χ3v) is 3.94. The third-order valence-electron chi connectivity index (χ3n) is 3.94. The lowest BCUT2D eigenvalue weighted by Gasteiger charge is -2.19. The van der Waals surface area contributed by atoms with Crippen LogP contribution in [0.4, 0.5) is 13.2 Å². The summed E-state index contributed by atoms with van der Waals surface area (Å²) in [5.41, 5.74) is 0.468. The molecule has 3 rings (SSSR count). The van der Waals surface area contributed by atoms with Gasteiger partial charge >= 0.3 is 12.1 Å². The van der Waals surface area contributed by atoms with Crippen LogP contribution >= 0.6 is 0 Å². The number of carbonyl (C=O) groups excluding carboxylic acids is 1. The van der Waals surface area contributed by atoms with Gasteiger partial charge in [0.05, 0.1) is 17.8 Å². The summed E-state index contributed by atoms with van der Waals surface area (Å²) in [5.74, 6) is -0.589. The van der Waals surface area contributed by atoms with Gasteiger partial charge in [-0.25, -0.2) is 4.79 Å². The molecule has 140 valence electrons. The van der Waals surface area contributed by atoms with Crippen molar-refractivity contribution >= 4 is 5.97 Å². The average molecular weight is 367 g/mol. The van der Waals surface area contributed by atoms with E-state index < -0.39 is 23.3 Å². The molecule has 26 heavy (non-hydrogen) atoms. The number of hydrogen-bond donors (Lipinski definition) is 1. The van der Waals surface area contributed by atoms with Gasteiger partial charge in [-0.3, -0.25) is 4.68 Å². The summed E-state index contributed by atoms with van der Waals surface area (Å²) in [6, 6.07) is 4.75. The molecule has 0 saturated carbocycles. The molecule has 0 radical (unpaired) electrons. The Morgan fingerprint density at radius 1 is 1.19 bits per heavy atom. The van der Waals surface area contributed by atoms with E-state index in [2.05, 4.69) is 10.4 Å². The zero-order valence-corrected chi connectivity index (χ0v) is 14.8. The molecule has 0 aliphatic carbocycles. The van der Waals surface area contributed by atoms with Crippen LogP contribution in [0, 0.1) is 0 Å². The molecular formula is C18H20F3N3O2. The van der Waals surface area contributed by atoms with Gasteiger partial charge in [0.25, 0.3) is 0 Å². The minimum atomic E-state index is -4.41. The second kappa shape index (κ2) is 6.42. The summed E-state index contributed by atoms with van der Waals surface area (Å²) in [4.78, 5) is 12.6. The molecule has 0 unspecified atom stereocenters. The quantitative estimate of drug-likeness (QED) is 0.824. The Balaban J connectivity index is 2.07. The lowest BCUT2D eigenvalue weighted by molar-refractivity contribution is -0.137. The van der Waals surface area contributed by atoms with E-state index in [9.17, 15) is 18.0 Å². The molecule has 1 N–H and O–H groups in total. The predicted molar refractivity (Wildman–Crippen MR) is 89.5 cm³/mol. The second-order valence-corrected chi connectivity index (χ2v) is 7.15. The Morgan fingerprint density at radius 3 is 2.42 bits per heavy atom. The molecule has 0 fully saturated rings. The van der Waals surface area contributed by atoms with Gasteiger partial charge in [0.1, 0.15) is 5.60 Å². The van der Waals surface area contributed by atoms with Crippen molar-refractivity contribution in [3.05, 3.63) is 41.2 Å². The van der Waals surface area contributed by atoms with Crippen LogP contribution in [-0.4, -0.2) is 27.9 Å². The highest BCUT2D eigenvalue weighted by Gasteiger charge is 2.32. The average Bonchev–Trinajstić information content (AvgIpc) is 2.92. The summed E-state index contributed by atoms with van der Waals surface area (Å²) in [5, 5.41) is 7.56. The fourth-order valence-electron chi connectivity index (χ4n) is 2.85. The number of nitrogens with one attached hydrogen (secondary N) is 1. The van der Waals surface area contributed by atoms with Crippen LogP contribution in [0.5, 0.6) is 0 Å². The molecule has 2 aromatic rings. The van der Waals surface area contributed by atoms with Gasteiger partial charge in [0, 0.05) is 18.7 Å². The van der Waals surface area contributed by atoms with Crippen molar-refractivity contribution in [1.82, 2.24) is 15.1 Å². The molecule has 0 atom stereocenters. The summed E-state index contributed by atoms with van der Waals surface area (Å²) in [7, 11) is 0. The molecule has 0 spiro atoms. The minimum Gasteiger partial charge on any atom is -0.455 e. The van der Waals surface area contributed by atoms with Crippen LogP contribution in [0.3, 0.4) is 0 Å². The largest absolute Gasteiger partial charge is 0.455 e. The topological polar surface area (TPSA) is 56.1 Å². The van der Waals surface area contributed by atoms with Gasteiger partial charge in [0.15, 0.2) is 5.69 Å². The Kier molecular flexibility index (Phi) is 4.56. The lowest BCUT2D eigenvalue weighted by atomic mass is 10.0. The van der Waals surface area contributed by atoms with Crippen LogP contribution in [0.25, 0.3) is 11.1 Å². The number of ether oxygens (including phenoxy) is 1. The van der Waals surface area contributed by atoms with Gasteiger partial charge in [0.2, 0.25) is 0 Å². The highest BCUT2D eigenvalue weighted by molar-refractivity contribution is 5.96. The number of nitrogens with zero attached hydrogens (tertiary/aromatic N) is 2. The van der Waals surface area contributed by atoms with Crippen LogP contribution in [-0.2, 0) is 24.0 Å². The van der Waals surface area contributed by atoms with Crippen LogP contribution in [0.1, 0.15) is 42.5 Å². The number of esters is 1. The van der Waals surface area contributed by atoms with E-state index in [0.29, 0.717) is 30.8 Å². The SMILES string of the molecule is CC(C)(C)OC(=O)c1nn2c(c1-c1ccc(C(F)(F)F)cc1)CNCC2. The maximum atomic E-state index is 12.8. The standard InChI is InChI=1S/C18H20F3N3O2/c1-17(2,3)26-16(25)15-14(13-10-22-8-9-24(13)23-15)11-4-6-12(7-5-11)18(19,20)21/h4-7,22H,8-10H2,1-3H3. The molecule has 8 heteroatoms. The first-order chi connectivity index (χ1) is 12.1. The number of aromatic nitrogens is 2. The first kappa shape index (κ1) is 18.4. The maximum absolute atomic E-state index is 12.8. The third kappa shape index (κ3) is 3.75. The lowest BCUT2D eigenvalue weighted by Crippen LogP contribution is -2.28. The molecule has 2 heterocycles. The monoisotopic (exact) mass is 367 g/mol. The van der Waals surface area contributed by atoms with Crippen LogP contribution in [0.15, 0.2) is 24.3 Å². The van der Waals surface area contributed by atoms with Crippen molar-refractivity contribution in [2.24, 2.45) is 0 Å². The molecule has 0 bridgehead atoms. The fourth-order valence-corrected chi connectivity index (χ4v) is 2.85. The molecule has 0 saturated heterocycles. The summed E-state index contributed by atoms with van der Waals surface area (Å²) in [6.45, 7) is 7.01. The molecule has 1 aliphatic heterocycles. The number of rotatable bonds is 2. The van der Waals surface area contributed by atoms with Gasteiger partial charge in [-0.05, 0) is 38.5 Å². The summed E-state index contributed by atoms with van der Waals surface area (Å²) < 4.78 is 45.6. The van der Waals surface area contributed by atoms with Crippen molar-refractivity contribution in [2.75, 3.05) is 6.54 Å². The Morgan fingerprint density at radius 2 is 1.85 bits per heavy atom. The predicted octanol–water partition coefficient (Wildman–Crippen LogP) is 3.63. The van der Waals surface area contributed by atoms with Crippen molar-refractivity contribution in [1.29, 1.82) is 0 Å². The molecule has 1 aliphatic rings. The van der Waals surface area contributed by atoms with E-state index >= 15 is 0 Å². The van der Waals surface area contributed by atoms with Crippen molar-refractivity contribution in [3.63, 3.8) is 0 Å². The van der Waals surface area contributed by atoms with Gasteiger partial charge in [-0.1, -0.05) is 12.1 Å². The van der Waals surface area contributed by atoms with Crippen molar-refractivity contribution in [2.45, 2.75) is 45.6 Å². The maximum Gasteiger partial charge on any atom is 0.416 e. The van der Waals surface area contributed by atoms with E-state index in [4.69, 9.17) is 4.74 Å². The van der Waals surface area contributed by atoms with Crippen LogP contribution < -0.4 is 5.32 Å². The zero-order valence-electron chi connectivity index (χ0n) is 14.8. The normalized spacial score (nSPS) is 14.8. The number of benzene rings is 1. The van der Waals surface area contributed by atoms with Gasteiger partial charge < -0.3 is 10.1 Å². The molecule has 1 aromatic heterocycles. The first-order valence-corrected chi connectivity index (χ1v) is 8.27. The van der Waals surface area contributed by atoms with E-state index in [-0.39, 0.29) is 5.69 Å². The van der Waals surface area contributed by atoms with E-state index in [1.54, 1.807) is 25.5 Å². The summed E-state index contributed by atoms with van der Waals surface area (Å²) >= 11 is 0. The minimum absolute atomic E-state index is 0.124. The number of hydrogen-bond acceptors (Lipinski definition) is 4. The van der Waals surface area contributed by atoms with Gasteiger partial charge in [-0.15, -0.1) is 0 Å². The highest BCUT2D eigenvalue weighted by Crippen LogP contribution is 2.34. The highest BCUT2D eigenvalue weighted by atomic mass is 19.4. The number of carbonyl (C=O) groups is 1. The molecule has 0 amide bonds. The van der Waals surface area contributed by atoms with Crippen molar-refractivity contribution < 1.29 is 22.7 Å². The number of fused-ring (bicyclic) bond motifs is 1. The Labute approximate surface area is 149 Å². The molecular weight excluding hydrogens is 347 g/mol. The molecule has 5 nitrogen and oxygen atoms in total. The number of alkyl halides is 3. The fraction of sp³-hybridized carbons (Fsp3) is 0.444. The second-order valence-electron chi connectivity index (χ2n) is 7.15. The number of halogens is 3. The first-order valence-electron chi connectivity index (χ1n) is 8.27. The smallest absolute Gasteiger partial charge is 0.416 e. The van der Waals surface area contributed by atoms with E-state index in [0.717, 1.165) is 17.8 Å². The van der Waals surface area contributed by atoms with Crippen molar-refractivity contribution in [3.8, 4) is 11.1 Å². The van der Waals surface area contributed by atoms with E-state index in [1.165, 1.54) is 12.1 Å². The zero-order chi connectivity index (χ0) is 19.1. The Hall–Kier alpha value is -2.35. The van der Waals surface area contributed by atoms with Gasteiger partial charge in [-0.2, -0.15) is 18.3 Å². The molecule has 1 aromatic carbocycles. The van der Waals surface area contributed by atoms with E-state index in [1.807, 2.05) is 0 Å².